The van der Waals surface area contributed by atoms with Gasteiger partial charge in [-0.2, -0.15) is 16.9 Å². The number of aromatic nitrogens is 1. The van der Waals surface area contributed by atoms with Crippen LogP contribution in [0.15, 0.2) is 46.6 Å². The van der Waals surface area contributed by atoms with Gasteiger partial charge in [0.15, 0.2) is 5.69 Å². The molecule has 0 radical (unpaired) electrons. The molecule has 0 spiro atoms. The molecule has 2 heterocycles. The summed E-state index contributed by atoms with van der Waals surface area (Å²) in [4.78, 5) is 0. The van der Waals surface area contributed by atoms with Crippen molar-refractivity contribution in [3.8, 4) is 5.88 Å². The predicted molar refractivity (Wildman–Crippen MR) is 100 cm³/mol. The van der Waals surface area contributed by atoms with Crippen LogP contribution < -0.4 is 0 Å². The number of benzene rings is 2. The summed E-state index contributed by atoms with van der Waals surface area (Å²) in [5.74, 6) is 1.36. The first kappa shape index (κ1) is 16.1. The van der Waals surface area contributed by atoms with Gasteiger partial charge in [-0.05, 0) is 31.5 Å². The van der Waals surface area contributed by atoms with Crippen molar-refractivity contribution < 1.29 is 9.50 Å². The van der Waals surface area contributed by atoms with E-state index in [-0.39, 0.29) is 17.7 Å². The molecule has 1 fully saturated rings. The maximum absolute atomic E-state index is 14.4. The first-order chi connectivity index (χ1) is 12.1. The van der Waals surface area contributed by atoms with E-state index >= 15 is 0 Å². The first-order valence-corrected chi connectivity index (χ1v) is 9.30. The minimum atomic E-state index is -0.349. The van der Waals surface area contributed by atoms with Crippen LogP contribution in [0.3, 0.4) is 0 Å². The fourth-order valence-corrected chi connectivity index (χ4v) is 3.88. The normalized spacial score (nSPS) is 15.2. The molecule has 1 aromatic heterocycles. The largest absolute Gasteiger partial charge is 0.493 e. The van der Waals surface area contributed by atoms with E-state index in [1.807, 2.05) is 32.0 Å². The molecule has 0 amide bonds. The second-order valence-corrected chi connectivity index (χ2v) is 7.43. The molecule has 4 nitrogen and oxygen atoms in total. The molecule has 1 aliphatic heterocycles. The highest BCUT2D eigenvalue weighted by Crippen LogP contribution is 2.45. The molecule has 1 aliphatic rings. The molecule has 0 bridgehead atoms. The van der Waals surface area contributed by atoms with Gasteiger partial charge < -0.3 is 9.67 Å². The zero-order valence-electron chi connectivity index (χ0n) is 14.0. The molecule has 0 atom stereocenters. The minimum Gasteiger partial charge on any atom is -0.493 e. The van der Waals surface area contributed by atoms with Crippen LogP contribution in [-0.2, 0) is 0 Å². The zero-order chi connectivity index (χ0) is 17.6. The maximum atomic E-state index is 14.4. The van der Waals surface area contributed by atoms with Crippen molar-refractivity contribution in [1.82, 2.24) is 4.57 Å². The van der Waals surface area contributed by atoms with Crippen molar-refractivity contribution in [2.75, 3.05) is 11.5 Å². The number of nitrogens with zero attached hydrogens (tertiary/aromatic N) is 3. The average Bonchev–Trinajstić information content (AvgIpc) is 2.79. The third-order valence-electron chi connectivity index (χ3n) is 4.52. The second-order valence-electron chi connectivity index (χ2n) is 6.36. The van der Waals surface area contributed by atoms with E-state index in [2.05, 4.69) is 10.2 Å². The van der Waals surface area contributed by atoms with Gasteiger partial charge in [0.05, 0.1) is 17.2 Å². The van der Waals surface area contributed by atoms with Gasteiger partial charge in [0.1, 0.15) is 5.82 Å². The van der Waals surface area contributed by atoms with Crippen LogP contribution in [0.25, 0.3) is 10.9 Å². The van der Waals surface area contributed by atoms with Crippen LogP contribution in [0, 0.1) is 19.7 Å². The monoisotopic (exact) mass is 355 g/mol. The Morgan fingerprint density at radius 1 is 1.16 bits per heavy atom. The van der Waals surface area contributed by atoms with Gasteiger partial charge in [-0.25, -0.2) is 4.39 Å². The van der Waals surface area contributed by atoms with Crippen LogP contribution in [0.2, 0.25) is 0 Å². The molecular weight excluding hydrogens is 337 g/mol. The van der Waals surface area contributed by atoms with Crippen molar-refractivity contribution in [3.05, 3.63) is 53.3 Å². The number of hydrogen-bond acceptors (Lipinski definition) is 4. The number of para-hydroxylation sites is 1. The molecule has 4 rings (SSSR count). The summed E-state index contributed by atoms with van der Waals surface area (Å²) < 4.78 is 16.1. The van der Waals surface area contributed by atoms with Gasteiger partial charge in [0.2, 0.25) is 5.88 Å². The van der Waals surface area contributed by atoms with E-state index < -0.39 is 0 Å². The summed E-state index contributed by atoms with van der Waals surface area (Å²) in [5, 5.41) is 19.9. The quantitative estimate of drug-likeness (QED) is 0.603. The van der Waals surface area contributed by atoms with E-state index in [1.54, 1.807) is 28.5 Å². The van der Waals surface area contributed by atoms with Crippen molar-refractivity contribution in [2.24, 2.45) is 10.2 Å². The molecule has 1 N–H and O–H groups in total. The molecule has 0 saturated carbocycles. The van der Waals surface area contributed by atoms with E-state index in [1.165, 1.54) is 6.07 Å². The van der Waals surface area contributed by atoms with Crippen molar-refractivity contribution in [3.63, 3.8) is 0 Å². The van der Waals surface area contributed by atoms with Crippen LogP contribution >= 0.6 is 11.8 Å². The number of hydrogen-bond donors (Lipinski definition) is 1. The number of aryl methyl sites for hydroxylation is 2. The van der Waals surface area contributed by atoms with Crippen molar-refractivity contribution >= 4 is 34.0 Å². The molecular formula is C19H18FN3OS. The van der Waals surface area contributed by atoms with Gasteiger partial charge >= 0.3 is 0 Å². The summed E-state index contributed by atoms with van der Waals surface area (Å²) in [6.07, 6.45) is 0. The van der Waals surface area contributed by atoms with Gasteiger partial charge in [0, 0.05) is 16.9 Å². The smallest absolute Gasteiger partial charge is 0.221 e. The fraction of sp³-hybridized carbons (Fsp3) is 0.263. The van der Waals surface area contributed by atoms with Gasteiger partial charge in [-0.1, -0.05) is 29.8 Å². The third-order valence-corrected chi connectivity index (χ3v) is 5.76. The lowest BCUT2D eigenvalue weighted by Crippen LogP contribution is -2.22. The highest BCUT2D eigenvalue weighted by atomic mass is 32.2. The van der Waals surface area contributed by atoms with Crippen molar-refractivity contribution in [2.45, 2.75) is 19.9 Å². The highest BCUT2D eigenvalue weighted by molar-refractivity contribution is 8.00. The van der Waals surface area contributed by atoms with E-state index in [9.17, 15) is 9.50 Å². The summed E-state index contributed by atoms with van der Waals surface area (Å²) in [6, 6.07) is 10.8. The molecule has 128 valence electrons. The number of thioether (sulfide) groups is 1. The lowest BCUT2D eigenvalue weighted by Gasteiger charge is -2.27. The predicted octanol–water partition coefficient (Wildman–Crippen LogP) is 5.81. The standard InChI is InChI=1S/C19H18FN3OS/c1-11-6-7-16(12(2)8-11)21-22-17-14-4-3-5-15(20)18(14)23(19(17)24)13-9-25-10-13/h3-8,13,24H,9-10H2,1-2H3. The summed E-state index contributed by atoms with van der Waals surface area (Å²) in [5.41, 5.74) is 3.63. The van der Waals surface area contributed by atoms with E-state index in [4.69, 9.17) is 0 Å². The minimum absolute atomic E-state index is 0.0149. The number of halogens is 1. The third kappa shape index (κ3) is 2.70. The van der Waals surface area contributed by atoms with E-state index in [0.29, 0.717) is 16.6 Å². The first-order valence-electron chi connectivity index (χ1n) is 8.14. The van der Waals surface area contributed by atoms with Gasteiger partial charge in [-0.15, -0.1) is 5.11 Å². The van der Waals surface area contributed by atoms with E-state index in [0.717, 1.165) is 28.3 Å². The number of fused-ring (bicyclic) bond motifs is 1. The summed E-state index contributed by atoms with van der Waals surface area (Å²) in [7, 11) is 0. The fourth-order valence-electron chi connectivity index (χ4n) is 3.14. The molecule has 25 heavy (non-hydrogen) atoms. The lowest BCUT2D eigenvalue weighted by atomic mass is 10.1. The Kier molecular flexibility index (Phi) is 4.00. The topological polar surface area (TPSA) is 49.9 Å². The molecule has 0 unspecified atom stereocenters. The Morgan fingerprint density at radius 2 is 1.96 bits per heavy atom. The number of aromatic hydroxyl groups is 1. The lowest BCUT2D eigenvalue weighted by molar-refractivity contribution is 0.404. The van der Waals surface area contributed by atoms with Crippen LogP contribution in [0.5, 0.6) is 5.88 Å². The Labute approximate surface area is 149 Å². The summed E-state index contributed by atoms with van der Waals surface area (Å²) in [6.45, 7) is 3.99. The number of azo groups is 1. The molecule has 2 aromatic carbocycles. The van der Waals surface area contributed by atoms with Crippen LogP contribution in [-0.4, -0.2) is 21.2 Å². The van der Waals surface area contributed by atoms with Crippen molar-refractivity contribution in [1.29, 1.82) is 0 Å². The molecule has 6 heteroatoms. The summed E-state index contributed by atoms with van der Waals surface area (Å²) >= 11 is 1.78. The molecule has 0 aliphatic carbocycles. The van der Waals surface area contributed by atoms with Gasteiger partial charge in [-0.3, -0.25) is 0 Å². The zero-order valence-corrected chi connectivity index (χ0v) is 14.8. The maximum Gasteiger partial charge on any atom is 0.221 e. The average molecular weight is 355 g/mol. The second kappa shape index (κ2) is 6.19. The Hall–Kier alpha value is -2.34. The molecule has 3 aromatic rings. The Balaban J connectivity index is 1.86. The van der Waals surface area contributed by atoms with Crippen LogP contribution in [0.1, 0.15) is 17.2 Å². The molecule has 1 saturated heterocycles. The number of rotatable bonds is 3. The highest BCUT2D eigenvalue weighted by Gasteiger charge is 2.29. The SMILES string of the molecule is Cc1ccc(N=Nc2c(O)n(C3CSC3)c3c(F)cccc23)c(C)c1. The van der Waals surface area contributed by atoms with Crippen LogP contribution in [0.4, 0.5) is 15.8 Å². The Bertz CT molecular complexity index is 992. The Morgan fingerprint density at radius 3 is 2.64 bits per heavy atom. The van der Waals surface area contributed by atoms with Gasteiger partial charge in [0.25, 0.3) is 0 Å².